The number of nitrogens with zero attached hydrogens (tertiary/aromatic N) is 1. The minimum atomic E-state index is -0.253. The molecule has 0 saturated heterocycles. The number of benzene rings is 3. The molecule has 1 aromatic heterocycles. The van der Waals surface area contributed by atoms with E-state index in [0.717, 1.165) is 27.6 Å². The highest BCUT2D eigenvalue weighted by atomic mass is 35.5. The summed E-state index contributed by atoms with van der Waals surface area (Å²) in [5.74, 6) is 0.962. The van der Waals surface area contributed by atoms with Gasteiger partial charge in [-0.25, -0.2) is 5.43 Å². The molecule has 0 bridgehead atoms. The van der Waals surface area contributed by atoms with Crippen molar-refractivity contribution in [3.8, 4) is 11.3 Å². The van der Waals surface area contributed by atoms with Gasteiger partial charge in [-0.1, -0.05) is 54.1 Å². The summed E-state index contributed by atoms with van der Waals surface area (Å²) in [5, 5.41) is 10.0. The lowest BCUT2D eigenvalue weighted by molar-refractivity contribution is -0.119. The molecule has 0 atom stereocenters. The highest BCUT2D eigenvalue weighted by molar-refractivity contribution is 6.31. The lowest BCUT2D eigenvalue weighted by Crippen LogP contribution is -2.25. The van der Waals surface area contributed by atoms with Crippen LogP contribution in [0, 0.1) is 6.92 Å². The summed E-state index contributed by atoms with van der Waals surface area (Å²) in [4.78, 5) is 12.0. The fourth-order valence-electron chi connectivity index (χ4n) is 3.01. The van der Waals surface area contributed by atoms with Gasteiger partial charge in [-0.3, -0.25) is 4.79 Å². The lowest BCUT2D eigenvalue weighted by Gasteiger charge is -2.06. The van der Waals surface area contributed by atoms with Gasteiger partial charge in [-0.2, -0.15) is 5.10 Å². The van der Waals surface area contributed by atoms with Gasteiger partial charge in [0, 0.05) is 16.3 Å². The number of hydrazone groups is 1. The maximum atomic E-state index is 12.0. The Morgan fingerprint density at radius 2 is 1.87 bits per heavy atom. The van der Waals surface area contributed by atoms with Crippen LogP contribution in [-0.2, 0) is 4.79 Å². The van der Waals surface area contributed by atoms with Crippen LogP contribution in [0.25, 0.3) is 22.1 Å². The van der Waals surface area contributed by atoms with Gasteiger partial charge in [0.05, 0.1) is 12.8 Å². The first kappa shape index (κ1) is 19.7. The number of carbonyl (C=O) groups is 1. The minimum Gasteiger partial charge on any atom is -0.455 e. The van der Waals surface area contributed by atoms with Crippen LogP contribution < -0.4 is 10.7 Å². The van der Waals surface area contributed by atoms with Crippen LogP contribution in [0.2, 0.25) is 5.02 Å². The van der Waals surface area contributed by atoms with Crippen molar-refractivity contribution in [2.45, 2.75) is 6.92 Å². The molecule has 1 heterocycles. The molecule has 4 aromatic rings. The van der Waals surface area contributed by atoms with Crippen LogP contribution in [0.4, 0.5) is 5.69 Å². The predicted octanol–water partition coefficient (Wildman–Crippen LogP) is 5.62. The summed E-state index contributed by atoms with van der Waals surface area (Å²) >= 11 is 6.17. The molecule has 0 fully saturated rings. The van der Waals surface area contributed by atoms with Crippen LogP contribution in [0.15, 0.2) is 82.3 Å². The summed E-state index contributed by atoms with van der Waals surface area (Å²) in [7, 11) is 0. The van der Waals surface area contributed by atoms with Crippen molar-refractivity contribution in [3.63, 3.8) is 0 Å². The van der Waals surface area contributed by atoms with Gasteiger partial charge >= 0.3 is 0 Å². The second-order valence-electron chi connectivity index (χ2n) is 6.87. The number of amides is 1. The van der Waals surface area contributed by atoms with Crippen molar-refractivity contribution >= 4 is 40.2 Å². The fourth-order valence-corrected chi connectivity index (χ4v) is 3.19. The predicted molar refractivity (Wildman–Crippen MR) is 122 cm³/mol. The van der Waals surface area contributed by atoms with Gasteiger partial charge in [0.2, 0.25) is 0 Å². The van der Waals surface area contributed by atoms with E-state index in [9.17, 15) is 4.79 Å². The molecule has 0 spiro atoms. The van der Waals surface area contributed by atoms with Gasteiger partial charge in [0.25, 0.3) is 5.91 Å². The number of fused-ring (bicyclic) bond motifs is 1. The van der Waals surface area contributed by atoms with Crippen LogP contribution in [0.5, 0.6) is 0 Å². The molecule has 0 unspecified atom stereocenters. The molecule has 0 aliphatic rings. The Hall–Kier alpha value is -3.57. The molecule has 150 valence electrons. The number of hydrogen-bond acceptors (Lipinski definition) is 4. The molecule has 4 rings (SSSR count). The summed E-state index contributed by atoms with van der Waals surface area (Å²) in [5.41, 5.74) is 5.26. The number of furan rings is 1. The van der Waals surface area contributed by atoms with E-state index in [1.54, 1.807) is 6.07 Å². The highest BCUT2D eigenvalue weighted by Gasteiger charge is 2.06. The molecule has 6 heteroatoms. The number of carbonyl (C=O) groups excluding carboxylic acids is 1. The topological polar surface area (TPSA) is 66.6 Å². The average molecular weight is 418 g/mol. The Kier molecular flexibility index (Phi) is 5.82. The van der Waals surface area contributed by atoms with Crippen molar-refractivity contribution in [1.82, 2.24) is 5.43 Å². The smallest absolute Gasteiger partial charge is 0.259 e. The van der Waals surface area contributed by atoms with Crippen molar-refractivity contribution in [3.05, 3.63) is 89.1 Å². The maximum absolute atomic E-state index is 12.0. The summed E-state index contributed by atoms with van der Waals surface area (Å²) < 4.78 is 5.74. The van der Waals surface area contributed by atoms with Gasteiger partial charge in [0.15, 0.2) is 0 Å². The normalized spacial score (nSPS) is 11.1. The first-order chi connectivity index (χ1) is 14.6. The number of rotatable bonds is 6. The molecular weight excluding hydrogens is 398 g/mol. The molecule has 0 radical (unpaired) electrons. The molecule has 0 aliphatic heterocycles. The fraction of sp³-hybridized carbons (Fsp3) is 0.0833. The third-order valence-electron chi connectivity index (χ3n) is 4.67. The van der Waals surface area contributed by atoms with Crippen molar-refractivity contribution < 1.29 is 9.21 Å². The highest BCUT2D eigenvalue weighted by Crippen LogP contribution is 2.26. The maximum Gasteiger partial charge on any atom is 0.259 e. The third-order valence-corrected chi connectivity index (χ3v) is 5.07. The van der Waals surface area contributed by atoms with Gasteiger partial charge in [-0.05, 0) is 53.6 Å². The zero-order chi connectivity index (χ0) is 20.9. The van der Waals surface area contributed by atoms with E-state index in [4.69, 9.17) is 16.0 Å². The van der Waals surface area contributed by atoms with Crippen LogP contribution in [-0.4, -0.2) is 18.7 Å². The molecule has 0 aliphatic carbocycles. The largest absolute Gasteiger partial charge is 0.455 e. The van der Waals surface area contributed by atoms with Gasteiger partial charge in [0.1, 0.15) is 11.5 Å². The second kappa shape index (κ2) is 8.84. The van der Waals surface area contributed by atoms with E-state index in [-0.39, 0.29) is 12.5 Å². The quantitative estimate of drug-likeness (QED) is 0.316. The molecule has 3 aromatic carbocycles. The third kappa shape index (κ3) is 4.70. The van der Waals surface area contributed by atoms with E-state index in [2.05, 4.69) is 15.8 Å². The second-order valence-corrected chi connectivity index (χ2v) is 7.28. The molecule has 1 amide bonds. The molecule has 5 nitrogen and oxygen atoms in total. The first-order valence-corrected chi connectivity index (χ1v) is 9.87. The van der Waals surface area contributed by atoms with E-state index in [1.807, 2.05) is 73.7 Å². The Labute approximate surface area is 179 Å². The molecule has 0 saturated carbocycles. The first-order valence-electron chi connectivity index (χ1n) is 9.49. The van der Waals surface area contributed by atoms with Crippen molar-refractivity contribution in [2.75, 3.05) is 11.9 Å². The van der Waals surface area contributed by atoms with Gasteiger partial charge in [-0.15, -0.1) is 0 Å². The Morgan fingerprint density at radius 1 is 1.03 bits per heavy atom. The monoisotopic (exact) mass is 417 g/mol. The number of anilines is 1. The average Bonchev–Trinajstić information content (AvgIpc) is 3.23. The van der Waals surface area contributed by atoms with E-state index in [1.165, 1.54) is 6.21 Å². The molecule has 2 N–H and O–H groups in total. The van der Waals surface area contributed by atoms with Crippen molar-refractivity contribution in [2.24, 2.45) is 5.10 Å². The Morgan fingerprint density at radius 3 is 2.70 bits per heavy atom. The zero-order valence-electron chi connectivity index (χ0n) is 16.4. The summed E-state index contributed by atoms with van der Waals surface area (Å²) in [6.07, 6.45) is 1.47. The Balaban J connectivity index is 1.31. The zero-order valence-corrected chi connectivity index (χ0v) is 17.1. The standard InChI is InChI=1S/C24H20ClN3O2/c1-16-6-7-19(13-22(16)25)23-11-10-21(30-23)14-27-28-24(29)15-26-20-9-8-17-4-2-3-5-18(17)12-20/h2-14,26H,15H2,1H3,(H,28,29)/b27-14+. The van der Waals surface area contributed by atoms with Crippen LogP contribution in [0.1, 0.15) is 11.3 Å². The molecule has 30 heavy (non-hydrogen) atoms. The number of nitrogens with one attached hydrogen (secondary N) is 2. The van der Waals surface area contributed by atoms with Gasteiger partial charge < -0.3 is 9.73 Å². The molecular formula is C24H20ClN3O2. The number of hydrogen-bond donors (Lipinski definition) is 2. The number of halogens is 1. The van der Waals surface area contributed by atoms with E-state index < -0.39 is 0 Å². The van der Waals surface area contributed by atoms with Crippen molar-refractivity contribution in [1.29, 1.82) is 0 Å². The SMILES string of the molecule is Cc1ccc(-c2ccc(/C=N/NC(=O)CNc3ccc4ccccc4c3)o2)cc1Cl. The number of aryl methyl sites for hydroxylation is 1. The lowest BCUT2D eigenvalue weighted by atomic mass is 10.1. The summed E-state index contributed by atoms with van der Waals surface area (Å²) in [6, 6.07) is 23.4. The Bertz CT molecular complexity index is 1230. The minimum absolute atomic E-state index is 0.112. The van der Waals surface area contributed by atoms with Crippen LogP contribution >= 0.6 is 11.6 Å². The van der Waals surface area contributed by atoms with Crippen LogP contribution in [0.3, 0.4) is 0 Å². The van der Waals surface area contributed by atoms with E-state index in [0.29, 0.717) is 16.5 Å². The van der Waals surface area contributed by atoms with E-state index >= 15 is 0 Å². The summed E-state index contributed by atoms with van der Waals surface area (Å²) in [6.45, 7) is 2.06.